The molecule has 1 N–H and O–H groups in total. The highest BCUT2D eigenvalue weighted by molar-refractivity contribution is 5.61. The fraction of sp³-hybridized carbons (Fsp3) is 0.571. The minimum Gasteiger partial charge on any atom is -0.368 e. The molecule has 186 valence electrons. The summed E-state index contributed by atoms with van der Waals surface area (Å²) < 4.78 is 1.82. The maximum atomic E-state index is 4.75. The molecule has 3 aromatic rings. The second-order valence-corrected chi connectivity index (χ2v) is 10.6. The van der Waals surface area contributed by atoms with Crippen molar-refractivity contribution < 1.29 is 0 Å². The average Bonchev–Trinajstić information content (AvgIpc) is 3.20. The van der Waals surface area contributed by atoms with Crippen molar-refractivity contribution in [2.45, 2.75) is 65.8 Å². The quantitative estimate of drug-likeness (QED) is 0.506. The first-order valence-corrected chi connectivity index (χ1v) is 13.2. The molecule has 7 heteroatoms. The van der Waals surface area contributed by atoms with Crippen LogP contribution in [0.3, 0.4) is 0 Å². The van der Waals surface area contributed by atoms with E-state index < -0.39 is 0 Å². The summed E-state index contributed by atoms with van der Waals surface area (Å²) in [7, 11) is 1.93. The van der Waals surface area contributed by atoms with Crippen LogP contribution in [-0.4, -0.2) is 49.5 Å². The SMILES string of the molecule is CCc1ccnc(CN2CCC3(CC2)CC(CNc2ccc(-c4cn(C)nc4C)nn2)C3)c1CC. The monoisotopic (exact) mass is 473 g/mol. The Bertz CT molecular complexity index is 1130. The van der Waals surface area contributed by atoms with Crippen molar-refractivity contribution in [3.63, 3.8) is 0 Å². The molecule has 1 aliphatic heterocycles. The third kappa shape index (κ3) is 5.10. The summed E-state index contributed by atoms with van der Waals surface area (Å²) in [6.45, 7) is 10.9. The van der Waals surface area contributed by atoms with Crippen molar-refractivity contribution >= 4 is 5.82 Å². The number of anilines is 1. The predicted octanol–water partition coefficient (Wildman–Crippen LogP) is 4.81. The molecule has 1 aliphatic carbocycles. The van der Waals surface area contributed by atoms with Crippen molar-refractivity contribution in [1.29, 1.82) is 0 Å². The van der Waals surface area contributed by atoms with E-state index >= 15 is 0 Å². The fourth-order valence-electron chi connectivity index (χ4n) is 6.26. The molecule has 7 nitrogen and oxygen atoms in total. The zero-order valence-corrected chi connectivity index (χ0v) is 21.7. The van der Waals surface area contributed by atoms with Gasteiger partial charge in [-0.1, -0.05) is 13.8 Å². The van der Waals surface area contributed by atoms with E-state index in [1.54, 1.807) is 0 Å². The number of rotatable bonds is 8. The Hall–Kier alpha value is -2.80. The van der Waals surface area contributed by atoms with Crippen LogP contribution in [0.2, 0.25) is 0 Å². The van der Waals surface area contributed by atoms with Crippen LogP contribution in [-0.2, 0) is 26.4 Å². The van der Waals surface area contributed by atoms with Crippen LogP contribution in [0.25, 0.3) is 11.3 Å². The standard InChI is InChI=1S/C28H39N7/c1-5-22-9-12-29-26(23(22)6-2)19-35-13-10-28(11-14-35)15-21(16-28)17-30-27-8-7-25(31-32-27)24-18-34(4)33-20(24)3/h7-9,12,18,21H,5-6,10-11,13-17,19H2,1-4H3,(H,30,32). The van der Waals surface area contributed by atoms with Crippen molar-refractivity contribution in [2.75, 3.05) is 25.0 Å². The fourth-order valence-corrected chi connectivity index (χ4v) is 6.26. The molecule has 2 fully saturated rings. The number of piperidine rings is 1. The van der Waals surface area contributed by atoms with Crippen LogP contribution in [0.1, 0.15) is 62.0 Å². The van der Waals surface area contributed by atoms with E-state index in [9.17, 15) is 0 Å². The Morgan fingerprint density at radius 3 is 2.49 bits per heavy atom. The summed E-state index contributed by atoms with van der Waals surface area (Å²) in [6.07, 6.45) is 11.5. The molecular formula is C28H39N7. The molecule has 0 radical (unpaired) electrons. The lowest BCUT2D eigenvalue weighted by Crippen LogP contribution is -2.48. The van der Waals surface area contributed by atoms with Crippen molar-refractivity contribution in [3.8, 4) is 11.3 Å². The van der Waals surface area contributed by atoms with Gasteiger partial charge in [0.05, 0.1) is 17.1 Å². The number of nitrogens with zero attached hydrogens (tertiary/aromatic N) is 6. The Balaban J connectivity index is 1.08. The minimum absolute atomic E-state index is 0.558. The van der Waals surface area contributed by atoms with Gasteiger partial charge in [0.15, 0.2) is 0 Å². The van der Waals surface area contributed by atoms with E-state index in [0.717, 1.165) is 54.6 Å². The van der Waals surface area contributed by atoms with E-state index in [0.29, 0.717) is 5.41 Å². The van der Waals surface area contributed by atoms with E-state index in [2.05, 4.69) is 45.4 Å². The summed E-state index contributed by atoms with van der Waals surface area (Å²) in [5.41, 5.74) is 7.68. The molecule has 0 aromatic carbocycles. The van der Waals surface area contributed by atoms with Gasteiger partial charge < -0.3 is 5.32 Å². The minimum atomic E-state index is 0.558. The van der Waals surface area contributed by atoms with Gasteiger partial charge in [-0.2, -0.15) is 5.10 Å². The van der Waals surface area contributed by atoms with Gasteiger partial charge >= 0.3 is 0 Å². The molecule has 3 aromatic heterocycles. The van der Waals surface area contributed by atoms with Gasteiger partial charge in [-0.3, -0.25) is 14.6 Å². The number of hydrogen-bond acceptors (Lipinski definition) is 6. The number of pyridine rings is 1. The second-order valence-electron chi connectivity index (χ2n) is 10.6. The molecule has 35 heavy (non-hydrogen) atoms. The first-order valence-electron chi connectivity index (χ1n) is 13.2. The molecule has 1 saturated carbocycles. The normalized spacial score (nSPS) is 18.1. The Morgan fingerprint density at radius 1 is 1.06 bits per heavy atom. The first-order chi connectivity index (χ1) is 17.0. The highest BCUT2D eigenvalue weighted by atomic mass is 15.3. The summed E-state index contributed by atoms with van der Waals surface area (Å²) in [5, 5.41) is 16.7. The van der Waals surface area contributed by atoms with Crippen molar-refractivity contribution in [3.05, 3.63) is 53.1 Å². The van der Waals surface area contributed by atoms with Crippen LogP contribution in [0, 0.1) is 18.3 Å². The number of hydrogen-bond donors (Lipinski definition) is 1. The van der Waals surface area contributed by atoms with Gasteiger partial charge in [0.25, 0.3) is 0 Å². The van der Waals surface area contributed by atoms with Crippen LogP contribution in [0.4, 0.5) is 5.82 Å². The highest BCUT2D eigenvalue weighted by Gasteiger charge is 2.45. The van der Waals surface area contributed by atoms with E-state index in [4.69, 9.17) is 4.98 Å². The van der Waals surface area contributed by atoms with Crippen molar-refractivity contribution in [2.24, 2.45) is 18.4 Å². The summed E-state index contributed by atoms with van der Waals surface area (Å²) in [6, 6.07) is 6.26. The van der Waals surface area contributed by atoms with Gasteiger partial charge in [-0.25, -0.2) is 0 Å². The molecule has 5 rings (SSSR count). The summed E-state index contributed by atoms with van der Waals surface area (Å²) >= 11 is 0. The molecular weight excluding hydrogens is 434 g/mol. The topological polar surface area (TPSA) is 71.8 Å². The lowest BCUT2D eigenvalue weighted by Gasteiger charge is -2.52. The second kappa shape index (κ2) is 10.1. The lowest BCUT2D eigenvalue weighted by molar-refractivity contribution is -0.0104. The van der Waals surface area contributed by atoms with E-state index in [1.165, 1.54) is 55.6 Å². The van der Waals surface area contributed by atoms with E-state index in [1.807, 2.05) is 43.2 Å². The number of aryl methyl sites for hydroxylation is 3. The number of aromatic nitrogens is 5. The molecule has 0 atom stereocenters. The Labute approximate surface area is 209 Å². The zero-order valence-electron chi connectivity index (χ0n) is 21.7. The third-order valence-electron chi connectivity index (χ3n) is 8.24. The van der Waals surface area contributed by atoms with Gasteiger partial charge in [-0.15, -0.1) is 10.2 Å². The molecule has 0 amide bonds. The molecule has 1 spiro atoms. The van der Waals surface area contributed by atoms with Crippen LogP contribution < -0.4 is 5.32 Å². The van der Waals surface area contributed by atoms with Crippen LogP contribution in [0.15, 0.2) is 30.6 Å². The Kier molecular flexibility index (Phi) is 6.87. The maximum absolute atomic E-state index is 4.75. The predicted molar refractivity (Wildman–Crippen MR) is 140 cm³/mol. The zero-order chi connectivity index (χ0) is 24.4. The van der Waals surface area contributed by atoms with Gasteiger partial charge in [0.1, 0.15) is 5.82 Å². The number of nitrogens with one attached hydrogen (secondary N) is 1. The van der Waals surface area contributed by atoms with Gasteiger partial charge in [0, 0.05) is 38.1 Å². The largest absolute Gasteiger partial charge is 0.368 e. The third-order valence-corrected chi connectivity index (χ3v) is 8.24. The first kappa shape index (κ1) is 23.9. The summed E-state index contributed by atoms with van der Waals surface area (Å²) in [5.74, 6) is 1.60. The smallest absolute Gasteiger partial charge is 0.148 e. The van der Waals surface area contributed by atoms with Crippen LogP contribution >= 0.6 is 0 Å². The van der Waals surface area contributed by atoms with Gasteiger partial charge in [0.2, 0.25) is 0 Å². The van der Waals surface area contributed by atoms with Crippen molar-refractivity contribution in [1.82, 2.24) is 29.9 Å². The molecule has 4 heterocycles. The highest BCUT2D eigenvalue weighted by Crippen LogP contribution is 2.52. The maximum Gasteiger partial charge on any atom is 0.148 e. The molecule has 1 saturated heterocycles. The van der Waals surface area contributed by atoms with Crippen LogP contribution in [0.5, 0.6) is 0 Å². The molecule has 2 aliphatic rings. The van der Waals surface area contributed by atoms with E-state index in [-0.39, 0.29) is 0 Å². The summed E-state index contributed by atoms with van der Waals surface area (Å²) in [4.78, 5) is 7.37. The molecule has 0 unspecified atom stereocenters. The number of likely N-dealkylation sites (tertiary alicyclic amines) is 1. The lowest BCUT2D eigenvalue weighted by atomic mass is 9.57. The Morgan fingerprint density at radius 2 is 1.86 bits per heavy atom. The average molecular weight is 474 g/mol. The van der Waals surface area contributed by atoms with Gasteiger partial charge in [-0.05, 0) is 99.2 Å². The molecule has 0 bridgehead atoms.